The van der Waals surface area contributed by atoms with Crippen LogP contribution in [0, 0.1) is 20.8 Å². The zero-order valence-electron chi connectivity index (χ0n) is 18.6. The lowest BCUT2D eigenvalue weighted by atomic mass is 10.2. The molecule has 166 valence electrons. The van der Waals surface area contributed by atoms with E-state index in [1.807, 2.05) is 54.6 Å². The molecule has 0 aliphatic carbocycles. The van der Waals surface area contributed by atoms with Crippen LogP contribution in [0.4, 0.5) is 5.69 Å². The summed E-state index contributed by atoms with van der Waals surface area (Å²) >= 11 is 0. The van der Waals surface area contributed by atoms with Crippen molar-refractivity contribution in [2.75, 3.05) is 38.0 Å². The van der Waals surface area contributed by atoms with Gasteiger partial charge in [0.05, 0.1) is 35.5 Å². The van der Waals surface area contributed by atoms with Gasteiger partial charge in [0, 0.05) is 38.6 Å². The normalized spacial score (nSPS) is 14.4. The summed E-state index contributed by atoms with van der Waals surface area (Å²) in [4.78, 5) is 37.0. The molecule has 32 heavy (non-hydrogen) atoms. The first-order valence-corrected chi connectivity index (χ1v) is 10.6. The standard InChI is InChI=1S/C23H27N7O2/c1-16-4-6-19(7-5-16)30-18(3)22(17(2)27-30)26-21(31)15-28-10-12-29(13-11-28)23(32)20-14-24-8-9-25-20/h4-9,14H,10-13,15H2,1-3H3,(H,26,31). The molecule has 0 spiro atoms. The van der Waals surface area contributed by atoms with Gasteiger partial charge in [0.15, 0.2) is 0 Å². The highest BCUT2D eigenvalue weighted by Crippen LogP contribution is 2.23. The highest BCUT2D eigenvalue weighted by molar-refractivity contribution is 5.94. The van der Waals surface area contributed by atoms with E-state index in [0.29, 0.717) is 31.9 Å². The predicted octanol–water partition coefficient (Wildman–Crippen LogP) is 1.98. The van der Waals surface area contributed by atoms with Crippen molar-refractivity contribution in [1.82, 2.24) is 29.5 Å². The van der Waals surface area contributed by atoms with Crippen LogP contribution < -0.4 is 5.32 Å². The van der Waals surface area contributed by atoms with Crippen molar-refractivity contribution >= 4 is 17.5 Å². The van der Waals surface area contributed by atoms with Crippen LogP contribution in [0.25, 0.3) is 5.69 Å². The summed E-state index contributed by atoms with van der Waals surface area (Å²) in [7, 11) is 0. The van der Waals surface area contributed by atoms with Crippen LogP contribution in [0.1, 0.15) is 27.4 Å². The Balaban J connectivity index is 1.34. The van der Waals surface area contributed by atoms with Gasteiger partial charge >= 0.3 is 0 Å². The van der Waals surface area contributed by atoms with E-state index in [1.54, 1.807) is 11.1 Å². The maximum Gasteiger partial charge on any atom is 0.274 e. The van der Waals surface area contributed by atoms with Gasteiger partial charge in [0.25, 0.3) is 5.91 Å². The number of anilines is 1. The number of aromatic nitrogens is 4. The number of aryl methyl sites for hydroxylation is 2. The fourth-order valence-corrected chi connectivity index (χ4v) is 3.82. The second-order valence-electron chi connectivity index (χ2n) is 8.00. The molecule has 1 fully saturated rings. The Morgan fingerprint density at radius 2 is 1.72 bits per heavy atom. The smallest absolute Gasteiger partial charge is 0.274 e. The third-order valence-corrected chi connectivity index (χ3v) is 5.64. The van der Waals surface area contributed by atoms with Crippen LogP contribution in [0.15, 0.2) is 42.9 Å². The second kappa shape index (κ2) is 9.27. The lowest BCUT2D eigenvalue weighted by molar-refractivity contribution is -0.117. The summed E-state index contributed by atoms with van der Waals surface area (Å²) in [5, 5.41) is 7.63. The average Bonchev–Trinajstić information content (AvgIpc) is 3.08. The summed E-state index contributed by atoms with van der Waals surface area (Å²) in [6.45, 7) is 8.50. The number of rotatable bonds is 5. The van der Waals surface area contributed by atoms with Gasteiger partial charge in [-0.1, -0.05) is 17.7 Å². The molecule has 4 rings (SSSR count). The van der Waals surface area contributed by atoms with Crippen molar-refractivity contribution in [2.24, 2.45) is 0 Å². The largest absolute Gasteiger partial charge is 0.335 e. The van der Waals surface area contributed by atoms with Crippen molar-refractivity contribution in [3.63, 3.8) is 0 Å². The third kappa shape index (κ3) is 4.67. The van der Waals surface area contributed by atoms with Gasteiger partial charge in [-0.2, -0.15) is 5.10 Å². The average molecular weight is 434 g/mol. The Hall–Kier alpha value is -3.59. The van der Waals surface area contributed by atoms with Gasteiger partial charge in [0.2, 0.25) is 5.91 Å². The van der Waals surface area contributed by atoms with Gasteiger partial charge in [0.1, 0.15) is 5.69 Å². The molecule has 9 nitrogen and oxygen atoms in total. The van der Waals surface area contributed by atoms with E-state index in [9.17, 15) is 9.59 Å². The second-order valence-corrected chi connectivity index (χ2v) is 8.00. The molecular weight excluding hydrogens is 406 g/mol. The molecule has 0 atom stereocenters. The molecule has 3 aromatic rings. The van der Waals surface area contributed by atoms with E-state index in [2.05, 4.69) is 20.4 Å². The summed E-state index contributed by atoms with van der Waals surface area (Å²) in [6, 6.07) is 8.11. The number of nitrogens with zero attached hydrogens (tertiary/aromatic N) is 6. The number of hydrogen-bond acceptors (Lipinski definition) is 6. The number of amides is 2. The summed E-state index contributed by atoms with van der Waals surface area (Å²) in [6.07, 6.45) is 4.53. The monoisotopic (exact) mass is 433 g/mol. The zero-order valence-corrected chi connectivity index (χ0v) is 18.6. The molecular formula is C23H27N7O2. The summed E-state index contributed by atoms with van der Waals surface area (Å²) < 4.78 is 1.85. The number of carbonyl (C=O) groups excluding carboxylic acids is 2. The molecule has 3 heterocycles. The quantitative estimate of drug-likeness (QED) is 0.661. The molecule has 0 saturated carbocycles. The van der Waals surface area contributed by atoms with Crippen LogP contribution >= 0.6 is 0 Å². The maximum absolute atomic E-state index is 12.7. The number of nitrogens with one attached hydrogen (secondary N) is 1. The minimum absolute atomic E-state index is 0.0895. The lowest BCUT2D eigenvalue weighted by Crippen LogP contribution is -2.50. The highest BCUT2D eigenvalue weighted by Gasteiger charge is 2.24. The molecule has 1 N–H and O–H groups in total. The minimum atomic E-state index is -0.128. The van der Waals surface area contributed by atoms with Crippen LogP contribution in [-0.2, 0) is 4.79 Å². The van der Waals surface area contributed by atoms with Crippen LogP contribution in [-0.4, -0.2) is 74.1 Å². The molecule has 2 aromatic heterocycles. The Morgan fingerprint density at radius 3 is 2.38 bits per heavy atom. The van der Waals surface area contributed by atoms with Gasteiger partial charge < -0.3 is 10.2 Å². The highest BCUT2D eigenvalue weighted by atomic mass is 16.2. The number of piperazine rings is 1. The Morgan fingerprint density at radius 1 is 1.00 bits per heavy atom. The SMILES string of the molecule is Cc1ccc(-n2nc(C)c(NC(=O)CN3CCN(C(=O)c4cnccn4)CC3)c2C)cc1. The number of carbonyl (C=O) groups is 2. The molecule has 1 aromatic carbocycles. The number of benzene rings is 1. The first-order valence-electron chi connectivity index (χ1n) is 10.6. The van der Waals surface area contributed by atoms with Crippen LogP contribution in [0.5, 0.6) is 0 Å². The Bertz CT molecular complexity index is 1100. The molecule has 0 unspecified atom stereocenters. The molecule has 1 aliphatic rings. The zero-order chi connectivity index (χ0) is 22.7. The Kier molecular flexibility index (Phi) is 6.27. The first-order chi connectivity index (χ1) is 15.4. The van der Waals surface area contributed by atoms with E-state index in [-0.39, 0.29) is 18.4 Å². The lowest BCUT2D eigenvalue weighted by Gasteiger charge is -2.34. The molecule has 1 saturated heterocycles. The van der Waals surface area contributed by atoms with Crippen molar-refractivity contribution in [1.29, 1.82) is 0 Å². The van der Waals surface area contributed by atoms with Crippen LogP contribution in [0.3, 0.4) is 0 Å². The first kappa shape index (κ1) is 21.6. The molecule has 2 amide bonds. The minimum Gasteiger partial charge on any atom is -0.335 e. The van der Waals surface area contributed by atoms with Crippen molar-refractivity contribution in [2.45, 2.75) is 20.8 Å². The van der Waals surface area contributed by atoms with Crippen molar-refractivity contribution < 1.29 is 9.59 Å². The summed E-state index contributed by atoms with van der Waals surface area (Å²) in [5.41, 5.74) is 4.89. The van der Waals surface area contributed by atoms with E-state index in [0.717, 1.165) is 22.8 Å². The topological polar surface area (TPSA) is 96.2 Å². The van der Waals surface area contributed by atoms with E-state index >= 15 is 0 Å². The van der Waals surface area contributed by atoms with E-state index in [4.69, 9.17) is 0 Å². The predicted molar refractivity (Wildman–Crippen MR) is 121 cm³/mol. The maximum atomic E-state index is 12.7. The fraction of sp³-hybridized carbons (Fsp3) is 0.348. The molecule has 0 radical (unpaired) electrons. The fourth-order valence-electron chi connectivity index (χ4n) is 3.82. The van der Waals surface area contributed by atoms with Crippen molar-refractivity contribution in [3.05, 3.63) is 65.5 Å². The number of hydrogen-bond donors (Lipinski definition) is 1. The molecule has 1 aliphatic heterocycles. The van der Waals surface area contributed by atoms with Crippen molar-refractivity contribution in [3.8, 4) is 5.69 Å². The molecule has 9 heteroatoms. The van der Waals surface area contributed by atoms with E-state index < -0.39 is 0 Å². The van der Waals surface area contributed by atoms with Gasteiger partial charge in [-0.15, -0.1) is 0 Å². The molecule has 0 bridgehead atoms. The third-order valence-electron chi connectivity index (χ3n) is 5.64. The van der Waals surface area contributed by atoms with Gasteiger partial charge in [-0.05, 0) is 32.9 Å². The van der Waals surface area contributed by atoms with E-state index in [1.165, 1.54) is 18.0 Å². The van der Waals surface area contributed by atoms with Gasteiger partial charge in [-0.25, -0.2) is 9.67 Å². The van der Waals surface area contributed by atoms with Gasteiger partial charge in [-0.3, -0.25) is 19.5 Å². The summed E-state index contributed by atoms with van der Waals surface area (Å²) in [5.74, 6) is -0.217. The Labute approximate surface area is 187 Å². The van der Waals surface area contributed by atoms with Crippen LogP contribution in [0.2, 0.25) is 0 Å².